The highest BCUT2D eigenvalue weighted by Crippen LogP contribution is 2.41. The van der Waals surface area contributed by atoms with Crippen LogP contribution in [0.15, 0.2) is 35.4 Å². The molecule has 430 valence electrons. The molecule has 3 fully saturated rings. The Morgan fingerprint density at radius 2 is 1.64 bits per heavy atom. The van der Waals surface area contributed by atoms with Crippen LogP contribution >= 0.6 is 0 Å². The number of aromatic nitrogens is 3. The Morgan fingerprint density at radius 1 is 0.987 bits per heavy atom. The van der Waals surface area contributed by atoms with Gasteiger partial charge in [-0.15, -0.1) is 5.10 Å². The predicted octanol–water partition coefficient (Wildman–Crippen LogP) is 2.91. The number of sulfonamides is 1. The van der Waals surface area contributed by atoms with Crippen LogP contribution in [0.2, 0.25) is 0 Å². The number of esters is 1. The maximum absolute atomic E-state index is 14.8. The Kier molecular flexibility index (Phi) is 21.8. The first-order valence-electron chi connectivity index (χ1n) is 26.3. The van der Waals surface area contributed by atoms with E-state index in [2.05, 4.69) is 15.0 Å². The van der Waals surface area contributed by atoms with Crippen molar-refractivity contribution in [3.8, 4) is 0 Å². The standard InChI is InChI=1S/C52H89FN6O15S/c1-16-40-52(10,65)45(61)33(6)58(13)27-29(2)24-50(8,64)47(31(4)43(32(5)48(63)72-40)73-41-25-51(9,69-15)46(62)34(7)71-41)74-49-42(60)38(23-30(3)70-49)57(12)22-21-36-28-59(56-55-36)39(26-53)44(68-14)35-17-19-37(20-18-35)75(66,67)54-11/h17-20,28-34,38-47,49,54,60-62,64-65H,16,21-27H2,1-15H3/t29-,30-,31+,32-,33-,34+,38+,39-,40-,41+,42-,43+,44-,45-,46+,47-,49+,50-,51-,52-/m1/s1. The quantitative estimate of drug-likeness (QED) is 0.124. The first-order valence-corrected chi connectivity index (χ1v) is 27.8. The molecule has 3 saturated heterocycles. The Hall–Kier alpha value is -2.85. The van der Waals surface area contributed by atoms with Crippen molar-refractivity contribution in [1.82, 2.24) is 29.5 Å². The maximum Gasteiger partial charge on any atom is 0.311 e. The summed E-state index contributed by atoms with van der Waals surface area (Å²) >= 11 is 0. The fourth-order valence-corrected chi connectivity index (χ4v) is 12.2. The van der Waals surface area contributed by atoms with Crippen molar-refractivity contribution in [2.75, 3.05) is 55.1 Å². The van der Waals surface area contributed by atoms with Crippen LogP contribution < -0.4 is 4.72 Å². The van der Waals surface area contributed by atoms with E-state index in [1.165, 1.54) is 45.0 Å². The first kappa shape index (κ1) is 63.0. The van der Waals surface area contributed by atoms with Gasteiger partial charge in [0.2, 0.25) is 10.0 Å². The third kappa shape index (κ3) is 14.5. The molecule has 0 bridgehead atoms. The number of aliphatic hydroxyl groups excluding tert-OH is 3. The Bertz CT molecular complexity index is 2230. The minimum Gasteiger partial charge on any atom is -0.459 e. The van der Waals surface area contributed by atoms with Crippen molar-refractivity contribution in [1.29, 1.82) is 0 Å². The van der Waals surface area contributed by atoms with Crippen molar-refractivity contribution in [3.63, 3.8) is 0 Å². The van der Waals surface area contributed by atoms with Gasteiger partial charge in [0.15, 0.2) is 12.6 Å². The van der Waals surface area contributed by atoms with Crippen LogP contribution in [0.25, 0.3) is 0 Å². The predicted molar refractivity (Wildman–Crippen MR) is 274 cm³/mol. The average Bonchev–Trinajstić information content (AvgIpc) is 3.84. The van der Waals surface area contributed by atoms with E-state index in [0.717, 1.165) is 0 Å². The van der Waals surface area contributed by atoms with Gasteiger partial charge in [-0.3, -0.25) is 4.79 Å². The number of hydrogen-bond acceptors (Lipinski definition) is 19. The number of halogens is 1. The average molecular weight is 1090 g/mol. The number of benzene rings is 1. The number of aliphatic hydroxyl groups is 5. The van der Waals surface area contributed by atoms with Gasteiger partial charge in [-0.25, -0.2) is 22.2 Å². The minimum atomic E-state index is -3.69. The zero-order valence-electron chi connectivity index (χ0n) is 46.7. The lowest BCUT2D eigenvalue weighted by Crippen LogP contribution is -2.61. The highest BCUT2D eigenvalue weighted by atomic mass is 32.2. The van der Waals surface area contributed by atoms with Gasteiger partial charge >= 0.3 is 5.97 Å². The lowest BCUT2D eigenvalue weighted by molar-refractivity contribution is -0.318. The summed E-state index contributed by atoms with van der Waals surface area (Å²) < 4.78 is 87.0. The monoisotopic (exact) mass is 1090 g/mol. The number of carbonyl (C=O) groups excluding carboxylic acids is 1. The molecule has 0 saturated carbocycles. The molecule has 2 aromatic rings. The molecule has 5 rings (SSSR count). The number of rotatable bonds is 17. The largest absolute Gasteiger partial charge is 0.459 e. The summed E-state index contributed by atoms with van der Waals surface area (Å²) in [5.74, 6) is -2.95. The van der Waals surface area contributed by atoms with E-state index in [1.54, 1.807) is 66.8 Å². The number of ether oxygens (including phenoxy) is 7. The summed E-state index contributed by atoms with van der Waals surface area (Å²) in [6.45, 7) is 17.2. The van der Waals surface area contributed by atoms with Crippen LogP contribution in [-0.4, -0.2) is 210 Å². The molecule has 3 aliphatic rings. The van der Waals surface area contributed by atoms with Gasteiger partial charge in [0.1, 0.15) is 48.8 Å². The molecule has 75 heavy (non-hydrogen) atoms. The van der Waals surface area contributed by atoms with Crippen LogP contribution in [0.4, 0.5) is 4.39 Å². The van der Waals surface area contributed by atoms with Crippen molar-refractivity contribution in [2.45, 2.75) is 209 Å². The molecule has 23 heteroatoms. The molecule has 0 amide bonds. The molecule has 0 unspecified atom stereocenters. The lowest BCUT2D eigenvalue weighted by Gasteiger charge is -2.49. The molecule has 21 nitrogen and oxygen atoms in total. The molecular formula is C52H89FN6O15S. The number of carbonyl (C=O) groups is 1. The Labute approximate surface area is 443 Å². The zero-order chi connectivity index (χ0) is 56.1. The number of methoxy groups -OCH3 is 2. The van der Waals surface area contributed by atoms with Gasteiger partial charge in [-0.1, -0.05) is 38.1 Å². The van der Waals surface area contributed by atoms with E-state index in [4.69, 9.17) is 33.2 Å². The fourth-order valence-electron chi connectivity index (χ4n) is 11.5. The number of nitrogens with one attached hydrogen (secondary N) is 1. The maximum atomic E-state index is 14.8. The van der Waals surface area contributed by atoms with Gasteiger partial charge in [0.25, 0.3) is 0 Å². The molecule has 0 aliphatic carbocycles. The van der Waals surface area contributed by atoms with Gasteiger partial charge in [-0.05, 0) is 112 Å². The number of hydrogen-bond donors (Lipinski definition) is 6. The van der Waals surface area contributed by atoms with Crippen molar-refractivity contribution >= 4 is 16.0 Å². The summed E-state index contributed by atoms with van der Waals surface area (Å²) in [6, 6.07) is 3.92. The molecule has 0 spiro atoms. The highest BCUT2D eigenvalue weighted by Gasteiger charge is 2.53. The van der Waals surface area contributed by atoms with Crippen LogP contribution in [0.1, 0.15) is 118 Å². The van der Waals surface area contributed by atoms with E-state index in [1.807, 2.05) is 37.7 Å². The molecule has 1 aromatic carbocycles. The second-order valence-corrected chi connectivity index (χ2v) is 24.2. The van der Waals surface area contributed by atoms with Gasteiger partial charge in [0, 0.05) is 64.3 Å². The van der Waals surface area contributed by atoms with Gasteiger partial charge < -0.3 is 68.5 Å². The number of cyclic esters (lactones) is 1. The van der Waals surface area contributed by atoms with Crippen molar-refractivity contribution < 1.29 is 76.3 Å². The van der Waals surface area contributed by atoms with Crippen molar-refractivity contribution in [3.05, 3.63) is 41.7 Å². The van der Waals surface area contributed by atoms with E-state index >= 15 is 0 Å². The fraction of sp³-hybridized carbons (Fsp3) is 0.827. The molecule has 0 radical (unpaired) electrons. The highest BCUT2D eigenvalue weighted by molar-refractivity contribution is 7.89. The summed E-state index contributed by atoms with van der Waals surface area (Å²) in [6.07, 6.45) is -8.58. The second-order valence-electron chi connectivity index (χ2n) is 22.3. The minimum absolute atomic E-state index is 0.0518. The van der Waals surface area contributed by atoms with Crippen molar-refractivity contribution in [2.24, 2.45) is 17.8 Å². The van der Waals surface area contributed by atoms with Gasteiger partial charge in [-0.2, -0.15) is 0 Å². The molecule has 4 heterocycles. The number of alkyl halides is 1. The van der Waals surface area contributed by atoms with E-state index in [-0.39, 0.29) is 30.1 Å². The zero-order valence-corrected chi connectivity index (χ0v) is 47.5. The van der Waals surface area contributed by atoms with E-state index in [9.17, 15) is 43.1 Å². The summed E-state index contributed by atoms with van der Waals surface area (Å²) in [5.41, 5.74) is -3.56. The third-order valence-corrected chi connectivity index (χ3v) is 17.7. The normalized spacial score (nSPS) is 39.1. The first-order chi connectivity index (χ1) is 35.0. The van der Waals surface area contributed by atoms with Crippen LogP contribution in [-0.2, 0) is 54.4 Å². The molecular weight excluding hydrogens is 1000 g/mol. The Morgan fingerprint density at radius 3 is 2.23 bits per heavy atom. The lowest BCUT2D eigenvalue weighted by atomic mass is 9.77. The Balaban J connectivity index is 1.44. The molecule has 3 aliphatic heterocycles. The van der Waals surface area contributed by atoms with E-state index < -0.39 is 137 Å². The molecule has 1 aromatic heterocycles. The number of likely N-dealkylation sites (N-methyl/N-ethyl adjacent to an activating group) is 2. The summed E-state index contributed by atoms with van der Waals surface area (Å²) in [7, 11) is 4.21. The smallest absolute Gasteiger partial charge is 0.311 e. The SMILES string of the molecule is CC[C@H]1OC(=O)[C@H](C)[C@@H](O[C@H]2C[C@@](C)(OC)[C@@H](O)[C@H](C)O2)[C@H](C)[C@@H](O[C@@H]2O[C@H](C)C[C@H](N(C)CCc3cn([C@H](CF)[C@H](OC)c4ccc(S(=O)(=O)NC)cc4)nn3)[C@H]2O)[C@](C)(O)C[C@@H](C)CN(C)[C@H](C)[C@@H](O)[C@]1(C)O. The van der Waals surface area contributed by atoms with Crippen LogP contribution in [0.5, 0.6) is 0 Å². The van der Waals surface area contributed by atoms with Crippen LogP contribution in [0.3, 0.4) is 0 Å². The molecule has 20 atom stereocenters. The van der Waals surface area contributed by atoms with Crippen LogP contribution in [0, 0.1) is 17.8 Å². The summed E-state index contributed by atoms with van der Waals surface area (Å²) in [5, 5.41) is 68.4. The van der Waals surface area contributed by atoms with E-state index in [0.29, 0.717) is 37.2 Å². The molecule has 6 N–H and O–H groups in total. The summed E-state index contributed by atoms with van der Waals surface area (Å²) in [4.78, 5) is 18.4. The topological polar surface area (TPSA) is 266 Å². The number of nitrogens with zero attached hydrogens (tertiary/aromatic N) is 5. The second kappa shape index (κ2) is 26.0. The third-order valence-electron chi connectivity index (χ3n) is 16.3. The van der Waals surface area contributed by atoms with Gasteiger partial charge in [0.05, 0.1) is 52.1 Å².